The van der Waals surface area contributed by atoms with Crippen LogP contribution in [-0.2, 0) is 9.53 Å². The third-order valence-corrected chi connectivity index (χ3v) is 1.16. The molecule has 3 nitrogen and oxygen atoms in total. The number of aliphatic hydroxyl groups is 1. The van der Waals surface area contributed by atoms with Crippen molar-refractivity contribution in [3.8, 4) is 0 Å². The molecule has 0 bridgehead atoms. The van der Waals surface area contributed by atoms with E-state index in [9.17, 15) is 4.79 Å². The number of hydrogen-bond donors (Lipinski definition) is 1. The van der Waals surface area contributed by atoms with Gasteiger partial charge in [-0.05, 0) is 18.9 Å². The van der Waals surface area contributed by atoms with Gasteiger partial charge in [0.25, 0.3) is 0 Å². The lowest BCUT2D eigenvalue weighted by Gasteiger charge is -2.04. The van der Waals surface area contributed by atoms with Crippen LogP contribution in [-0.4, -0.2) is 17.7 Å². The summed E-state index contributed by atoms with van der Waals surface area (Å²) in [6.07, 6.45) is 0.805. The zero-order chi connectivity index (χ0) is 8.85. The highest BCUT2D eigenvalue weighted by Gasteiger charge is 2.05. The molecule has 0 atom stereocenters. The van der Waals surface area contributed by atoms with E-state index in [1.807, 2.05) is 13.8 Å². The minimum absolute atomic E-state index is 0.343. The van der Waals surface area contributed by atoms with E-state index in [0.29, 0.717) is 12.5 Å². The monoisotopic (exact) mass is 158 g/mol. The highest BCUT2D eigenvalue weighted by atomic mass is 16.5. The first-order chi connectivity index (χ1) is 5.04. The lowest BCUT2D eigenvalue weighted by atomic mass is 10.1. The van der Waals surface area contributed by atoms with Crippen molar-refractivity contribution in [3.05, 3.63) is 12.3 Å². The first kappa shape index (κ1) is 10.0. The second-order valence-electron chi connectivity index (χ2n) is 2.77. The van der Waals surface area contributed by atoms with Crippen LogP contribution in [0.4, 0.5) is 0 Å². The minimum atomic E-state index is -0.731. The highest BCUT2D eigenvalue weighted by Crippen LogP contribution is 2.00. The fourth-order valence-corrected chi connectivity index (χ4v) is 0.471. The summed E-state index contributed by atoms with van der Waals surface area (Å²) < 4.78 is 4.63. The van der Waals surface area contributed by atoms with Gasteiger partial charge in [-0.25, -0.2) is 4.79 Å². The van der Waals surface area contributed by atoms with Gasteiger partial charge in [0.05, 0.1) is 6.61 Å². The third kappa shape index (κ3) is 5.45. The summed E-state index contributed by atoms with van der Waals surface area (Å²) in [7, 11) is 0. The number of carbonyl (C=O) groups is 1. The number of ether oxygens (including phenoxy) is 1. The molecule has 0 unspecified atom stereocenters. The Morgan fingerprint density at radius 1 is 1.64 bits per heavy atom. The summed E-state index contributed by atoms with van der Waals surface area (Å²) in [4.78, 5) is 10.6. The zero-order valence-corrected chi connectivity index (χ0v) is 6.96. The van der Waals surface area contributed by atoms with Crippen LogP contribution in [0.3, 0.4) is 0 Å². The predicted molar refractivity (Wildman–Crippen MR) is 42.2 cm³/mol. The number of esters is 1. The quantitative estimate of drug-likeness (QED) is 0.384. The second kappa shape index (κ2) is 4.77. The molecular formula is C8H14O3. The van der Waals surface area contributed by atoms with Gasteiger partial charge >= 0.3 is 5.97 Å². The van der Waals surface area contributed by atoms with Gasteiger partial charge < -0.3 is 9.84 Å². The summed E-state index contributed by atoms with van der Waals surface area (Å²) in [5, 5.41) is 8.52. The van der Waals surface area contributed by atoms with Crippen molar-refractivity contribution in [3.63, 3.8) is 0 Å². The Hall–Kier alpha value is -0.990. The number of hydrogen-bond acceptors (Lipinski definition) is 3. The molecule has 0 radical (unpaired) electrons. The van der Waals surface area contributed by atoms with Gasteiger partial charge in [-0.2, -0.15) is 0 Å². The van der Waals surface area contributed by atoms with Crippen LogP contribution in [0.15, 0.2) is 12.3 Å². The van der Waals surface area contributed by atoms with Gasteiger partial charge in [-0.15, -0.1) is 0 Å². The van der Waals surface area contributed by atoms with Crippen molar-refractivity contribution in [2.24, 2.45) is 5.92 Å². The maximum atomic E-state index is 10.6. The van der Waals surface area contributed by atoms with Crippen LogP contribution in [0.5, 0.6) is 0 Å². The molecule has 0 spiro atoms. The summed E-state index contributed by atoms with van der Waals surface area (Å²) in [6, 6.07) is 0. The Morgan fingerprint density at radius 2 is 2.18 bits per heavy atom. The molecule has 0 amide bonds. The summed E-state index contributed by atoms with van der Waals surface area (Å²) in [5.41, 5.74) is 0. The summed E-state index contributed by atoms with van der Waals surface area (Å²) in [5.74, 6) is -0.769. The zero-order valence-electron chi connectivity index (χ0n) is 6.96. The Bertz CT molecular complexity index is 149. The Labute approximate surface area is 66.7 Å². The van der Waals surface area contributed by atoms with E-state index in [-0.39, 0.29) is 0 Å². The molecule has 0 heterocycles. The van der Waals surface area contributed by atoms with Gasteiger partial charge in [-0.1, -0.05) is 13.8 Å². The fourth-order valence-electron chi connectivity index (χ4n) is 0.471. The van der Waals surface area contributed by atoms with Gasteiger partial charge in [-0.3, -0.25) is 0 Å². The molecule has 3 heteroatoms. The van der Waals surface area contributed by atoms with Crippen molar-refractivity contribution in [2.75, 3.05) is 6.61 Å². The van der Waals surface area contributed by atoms with E-state index in [0.717, 1.165) is 6.42 Å². The van der Waals surface area contributed by atoms with E-state index >= 15 is 0 Å². The largest absolute Gasteiger partial charge is 0.502 e. The lowest BCUT2D eigenvalue weighted by Crippen LogP contribution is -2.08. The lowest BCUT2D eigenvalue weighted by molar-refractivity contribution is -0.142. The van der Waals surface area contributed by atoms with Crippen LogP contribution in [0.1, 0.15) is 20.3 Å². The Morgan fingerprint density at radius 3 is 2.55 bits per heavy atom. The summed E-state index contributed by atoms with van der Waals surface area (Å²) >= 11 is 0. The van der Waals surface area contributed by atoms with Crippen LogP contribution >= 0.6 is 0 Å². The molecular weight excluding hydrogens is 144 g/mol. The van der Waals surface area contributed by atoms with E-state index < -0.39 is 11.7 Å². The van der Waals surface area contributed by atoms with Gasteiger partial charge in [0.2, 0.25) is 0 Å². The number of aliphatic hydroxyl groups excluding tert-OH is 1. The van der Waals surface area contributed by atoms with Crippen molar-refractivity contribution < 1.29 is 14.6 Å². The molecule has 0 rings (SSSR count). The maximum absolute atomic E-state index is 10.6. The van der Waals surface area contributed by atoms with Crippen LogP contribution < -0.4 is 0 Å². The van der Waals surface area contributed by atoms with Crippen LogP contribution in [0, 0.1) is 5.92 Å². The smallest absolute Gasteiger partial charge is 0.372 e. The molecule has 0 aromatic carbocycles. The normalized spacial score (nSPS) is 9.73. The molecule has 0 aliphatic heterocycles. The molecule has 0 aromatic rings. The molecule has 1 N–H and O–H groups in total. The average molecular weight is 158 g/mol. The van der Waals surface area contributed by atoms with Gasteiger partial charge in [0.15, 0.2) is 5.76 Å². The van der Waals surface area contributed by atoms with Crippen LogP contribution in [0.2, 0.25) is 0 Å². The van der Waals surface area contributed by atoms with Gasteiger partial charge in [0.1, 0.15) is 0 Å². The molecule has 0 saturated carbocycles. The maximum Gasteiger partial charge on any atom is 0.372 e. The van der Waals surface area contributed by atoms with Crippen molar-refractivity contribution in [2.45, 2.75) is 20.3 Å². The topological polar surface area (TPSA) is 46.5 Å². The molecule has 64 valence electrons. The Kier molecular flexibility index (Phi) is 4.34. The summed E-state index contributed by atoms with van der Waals surface area (Å²) in [6.45, 7) is 7.44. The number of rotatable bonds is 4. The van der Waals surface area contributed by atoms with Crippen molar-refractivity contribution in [1.82, 2.24) is 0 Å². The molecule has 0 saturated heterocycles. The van der Waals surface area contributed by atoms with E-state index in [1.165, 1.54) is 0 Å². The van der Waals surface area contributed by atoms with E-state index in [2.05, 4.69) is 11.3 Å². The van der Waals surface area contributed by atoms with Crippen molar-refractivity contribution >= 4 is 5.97 Å². The average Bonchev–Trinajstić information content (AvgIpc) is 1.86. The van der Waals surface area contributed by atoms with Crippen LogP contribution in [0.25, 0.3) is 0 Å². The van der Waals surface area contributed by atoms with Gasteiger partial charge in [0, 0.05) is 0 Å². The second-order valence-corrected chi connectivity index (χ2v) is 2.77. The molecule has 0 aliphatic carbocycles. The fraction of sp³-hybridized carbons (Fsp3) is 0.625. The first-order valence-corrected chi connectivity index (χ1v) is 3.59. The molecule has 11 heavy (non-hydrogen) atoms. The van der Waals surface area contributed by atoms with E-state index in [4.69, 9.17) is 5.11 Å². The Balaban J connectivity index is 3.40. The first-order valence-electron chi connectivity index (χ1n) is 3.59. The third-order valence-electron chi connectivity index (χ3n) is 1.16. The highest BCUT2D eigenvalue weighted by molar-refractivity contribution is 5.84. The molecule has 0 aliphatic rings. The van der Waals surface area contributed by atoms with Crippen molar-refractivity contribution in [1.29, 1.82) is 0 Å². The molecule has 0 aromatic heterocycles. The predicted octanol–water partition coefficient (Wildman–Crippen LogP) is 1.65. The molecule has 0 fully saturated rings. The minimum Gasteiger partial charge on any atom is -0.502 e. The standard InChI is InChI=1S/C8H14O3/c1-6(2)4-5-11-8(10)7(3)9/h6,9H,3-5H2,1-2H3. The SMILES string of the molecule is C=C(O)C(=O)OCCC(C)C. The van der Waals surface area contributed by atoms with E-state index in [1.54, 1.807) is 0 Å². The number of carbonyl (C=O) groups excluding carboxylic acids is 1.